The molecule has 0 aliphatic rings. The smallest absolute Gasteiger partial charge is 0.289 e. The molecule has 0 spiro atoms. The Hall–Kier alpha value is -3.93. The van der Waals surface area contributed by atoms with Crippen molar-refractivity contribution in [1.29, 1.82) is 0 Å². The van der Waals surface area contributed by atoms with E-state index in [1.165, 1.54) is 5.56 Å². The van der Waals surface area contributed by atoms with Gasteiger partial charge in [0.1, 0.15) is 11.4 Å². The van der Waals surface area contributed by atoms with Gasteiger partial charge in [-0.25, -0.2) is 5.43 Å². The Labute approximate surface area is 168 Å². The second-order valence-corrected chi connectivity index (χ2v) is 6.63. The van der Waals surface area contributed by atoms with Gasteiger partial charge in [-0.3, -0.25) is 9.89 Å². The number of hydrogen-bond acceptors (Lipinski definition) is 4. The summed E-state index contributed by atoms with van der Waals surface area (Å²) in [6.45, 7) is 2.02. The molecule has 4 aromatic rings. The molecule has 29 heavy (non-hydrogen) atoms. The number of ether oxygens (including phenoxy) is 1. The summed E-state index contributed by atoms with van der Waals surface area (Å²) < 4.78 is 5.44. The van der Waals surface area contributed by atoms with Crippen LogP contribution in [0, 0.1) is 6.92 Å². The van der Waals surface area contributed by atoms with E-state index in [1.807, 2.05) is 67.6 Å². The molecule has 0 unspecified atom stereocenters. The maximum Gasteiger partial charge on any atom is 0.289 e. The summed E-state index contributed by atoms with van der Waals surface area (Å²) in [7, 11) is 1.61. The zero-order valence-electron chi connectivity index (χ0n) is 16.1. The van der Waals surface area contributed by atoms with Crippen LogP contribution in [-0.2, 0) is 0 Å². The lowest BCUT2D eigenvalue weighted by Crippen LogP contribution is -2.18. The molecule has 3 aromatic carbocycles. The van der Waals surface area contributed by atoms with Gasteiger partial charge in [0.05, 0.1) is 19.0 Å². The molecule has 1 amide bonds. The third-order valence-corrected chi connectivity index (χ3v) is 4.68. The van der Waals surface area contributed by atoms with E-state index >= 15 is 0 Å². The molecule has 2 N–H and O–H groups in total. The van der Waals surface area contributed by atoms with Crippen LogP contribution >= 0.6 is 0 Å². The zero-order chi connectivity index (χ0) is 20.2. The second-order valence-electron chi connectivity index (χ2n) is 6.63. The van der Waals surface area contributed by atoms with Gasteiger partial charge in [0, 0.05) is 11.1 Å². The minimum absolute atomic E-state index is 0.336. The number of amides is 1. The highest BCUT2D eigenvalue weighted by atomic mass is 16.5. The van der Waals surface area contributed by atoms with Crippen LogP contribution in [0.15, 0.2) is 71.8 Å². The number of aromatic nitrogens is 2. The second kappa shape index (κ2) is 7.98. The molecule has 0 aliphatic heterocycles. The molecular weight excluding hydrogens is 364 g/mol. The average molecular weight is 384 g/mol. The summed E-state index contributed by atoms with van der Waals surface area (Å²) in [5.74, 6) is 0.316. The number of fused-ring (bicyclic) bond motifs is 1. The number of hydrazone groups is 1. The number of rotatable bonds is 5. The molecule has 1 aromatic heterocycles. The number of carbonyl (C=O) groups excluding carboxylic acids is 1. The first-order valence-corrected chi connectivity index (χ1v) is 9.17. The van der Waals surface area contributed by atoms with Crippen molar-refractivity contribution in [3.8, 4) is 17.0 Å². The van der Waals surface area contributed by atoms with Gasteiger partial charge in [0.25, 0.3) is 5.91 Å². The summed E-state index contributed by atoms with van der Waals surface area (Å²) in [4.78, 5) is 12.4. The number of carbonyl (C=O) groups is 1. The number of hydrogen-bond donors (Lipinski definition) is 2. The summed E-state index contributed by atoms with van der Waals surface area (Å²) in [5, 5.41) is 13.2. The van der Waals surface area contributed by atoms with Gasteiger partial charge in [-0.2, -0.15) is 10.2 Å². The van der Waals surface area contributed by atoms with Crippen molar-refractivity contribution in [2.24, 2.45) is 5.10 Å². The lowest BCUT2D eigenvalue weighted by atomic mass is 10.0. The molecule has 0 fully saturated rings. The molecule has 0 saturated carbocycles. The quantitative estimate of drug-likeness (QED) is 0.397. The van der Waals surface area contributed by atoms with Crippen LogP contribution in [0.5, 0.6) is 5.75 Å². The Morgan fingerprint density at radius 2 is 1.90 bits per heavy atom. The molecule has 0 aliphatic carbocycles. The highest BCUT2D eigenvalue weighted by molar-refractivity contribution is 6.03. The monoisotopic (exact) mass is 384 g/mol. The fourth-order valence-corrected chi connectivity index (χ4v) is 3.11. The maximum absolute atomic E-state index is 12.4. The first-order chi connectivity index (χ1) is 14.2. The number of nitrogens with zero attached hydrogens (tertiary/aromatic N) is 2. The number of benzene rings is 3. The predicted molar refractivity (Wildman–Crippen MR) is 114 cm³/mol. The van der Waals surface area contributed by atoms with E-state index in [9.17, 15) is 4.79 Å². The normalized spacial score (nSPS) is 11.1. The molecular formula is C23H20N4O2. The number of aryl methyl sites for hydroxylation is 1. The fourth-order valence-electron chi connectivity index (χ4n) is 3.11. The minimum atomic E-state index is -0.369. The molecule has 0 radical (unpaired) electrons. The first-order valence-electron chi connectivity index (χ1n) is 9.17. The summed E-state index contributed by atoms with van der Waals surface area (Å²) in [6, 6.07) is 21.5. The van der Waals surface area contributed by atoms with Crippen LogP contribution in [0.3, 0.4) is 0 Å². The summed E-state index contributed by atoms with van der Waals surface area (Å²) in [5.41, 5.74) is 6.49. The van der Waals surface area contributed by atoms with Crippen LogP contribution in [0.2, 0.25) is 0 Å². The highest BCUT2D eigenvalue weighted by Gasteiger charge is 2.11. The third-order valence-electron chi connectivity index (χ3n) is 4.68. The number of nitrogens with one attached hydrogen (secondary N) is 2. The van der Waals surface area contributed by atoms with E-state index in [2.05, 4.69) is 20.7 Å². The van der Waals surface area contributed by atoms with Crippen molar-refractivity contribution >= 4 is 22.9 Å². The Morgan fingerprint density at radius 1 is 1.10 bits per heavy atom. The lowest BCUT2D eigenvalue weighted by molar-refractivity contribution is 0.0950. The van der Waals surface area contributed by atoms with Crippen molar-refractivity contribution in [2.45, 2.75) is 6.92 Å². The number of aromatic amines is 1. The van der Waals surface area contributed by atoms with Crippen molar-refractivity contribution in [1.82, 2.24) is 15.6 Å². The van der Waals surface area contributed by atoms with Gasteiger partial charge in [-0.15, -0.1) is 0 Å². The minimum Gasteiger partial charge on any atom is -0.496 e. The van der Waals surface area contributed by atoms with Gasteiger partial charge in [0.2, 0.25) is 0 Å². The first kappa shape index (κ1) is 18.4. The van der Waals surface area contributed by atoms with Gasteiger partial charge in [-0.05, 0) is 29.8 Å². The SMILES string of the molecule is COc1ccc2ccccc2c1/C=N\NC(=O)c1cc(-c2ccc(C)cc2)n[nH]1. The Morgan fingerprint density at radius 3 is 2.69 bits per heavy atom. The molecule has 1 heterocycles. The van der Waals surface area contributed by atoms with E-state index in [1.54, 1.807) is 19.4 Å². The van der Waals surface area contributed by atoms with Crippen molar-refractivity contribution in [2.75, 3.05) is 7.11 Å². The third kappa shape index (κ3) is 3.87. The standard InChI is InChI=1S/C23H20N4O2/c1-15-7-9-17(10-8-15)20-13-21(26-25-20)23(28)27-24-14-19-18-6-4-3-5-16(18)11-12-22(19)29-2/h3-14H,1-2H3,(H,25,26)(H,27,28)/b24-14-. The number of methoxy groups -OCH3 is 1. The average Bonchev–Trinajstić information content (AvgIpc) is 3.24. The maximum atomic E-state index is 12.4. The van der Waals surface area contributed by atoms with E-state index in [0.29, 0.717) is 17.1 Å². The molecule has 0 atom stereocenters. The van der Waals surface area contributed by atoms with Crippen molar-refractivity contribution in [3.63, 3.8) is 0 Å². The molecule has 0 saturated heterocycles. The summed E-state index contributed by atoms with van der Waals surface area (Å²) in [6.07, 6.45) is 1.59. The Kier molecular flexibility index (Phi) is 5.07. The predicted octanol–water partition coefficient (Wildman–Crippen LogP) is 4.31. The highest BCUT2D eigenvalue weighted by Crippen LogP contribution is 2.26. The molecule has 0 bridgehead atoms. The van der Waals surface area contributed by atoms with Crippen LogP contribution in [-0.4, -0.2) is 29.4 Å². The van der Waals surface area contributed by atoms with Crippen LogP contribution in [0.1, 0.15) is 21.6 Å². The van der Waals surface area contributed by atoms with Crippen LogP contribution < -0.4 is 10.2 Å². The van der Waals surface area contributed by atoms with Crippen molar-refractivity contribution in [3.05, 3.63) is 83.6 Å². The number of H-pyrrole nitrogens is 1. The van der Waals surface area contributed by atoms with Gasteiger partial charge < -0.3 is 4.74 Å². The van der Waals surface area contributed by atoms with Crippen LogP contribution in [0.4, 0.5) is 0 Å². The zero-order valence-corrected chi connectivity index (χ0v) is 16.1. The molecule has 144 valence electrons. The summed E-state index contributed by atoms with van der Waals surface area (Å²) >= 11 is 0. The van der Waals surface area contributed by atoms with Crippen molar-refractivity contribution < 1.29 is 9.53 Å². The topological polar surface area (TPSA) is 79.4 Å². The van der Waals surface area contributed by atoms with Crippen LogP contribution in [0.25, 0.3) is 22.0 Å². The van der Waals surface area contributed by atoms with E-state index in [-0.39, 0.29) is 5.91 Å². The van der Waals surface area contributed by atoms with Gasteiger partial charge >= 0.3 is 0 Å². The van der Waals surface area contributed by atoms with Gasteiger partial charge in [0.15, 0.2) is 0 Å². The van der Waals surface area contributed by atoms with E-state index < -0.39 is 0 Å². The van der Waals surface area contributed by atoms with Gasteiger partial charge in [-0.1, -0.05) is 60.2 Å². The molecule has 6 heteroatoms. The molecule has 4 rings (SSSR count). The fraction of sp³-hybridized carbons (Fsp3) is 0.0870. The van der Waals surface area contributed by atoms with E-state index in [4.69, 9.17) is 4.74 Å². The van der Waals surface area contributed by atoms with E-state index in [0.717, 1.165) is 21.9 Å². The Balaban J connectivity index is 1.53. The lowest BCUT2D eigenvalue weighted by Gasteiger charge is -2.08. The molecule has 6 nitrogen and oxygen atoms in total. The largest absolute Gasteiger partial charge is 0.496 e. The Bertz CT molecular complexity index is 1190.